The number of amides is 1. The fourth-order valence-electron chi connectivity index (χ4n) is 2.37. The van der Waals surface area contributed by atoms with Crippen LogP contribution in [0.2, 0.25) is 0 Å². The van der Waals surface area contributed by atoms with E-state index >= 15 is 0 Å². The Labute approximate surface area is 111 Å². The fourth-order valence-corrected chi connectivity index (χ4v) is 2.37. The molecule has 0 spiro atoms. The summed E-state index contributed by atoms with van der Waals surface area (Å²) in [4.78, 5) is 30.2. The van der Waals surface area contributed by atoms with E-state index in [9.17, 15) is 9.59 Å². The van der Waals surface area contributed by atoms with E-state index in [-0.39, 0.29) is 11.8 Å². The molecule has 2 N–H and O–H groups in total. The van der Waals surface area contributed by atoms with Gasteiger partial charge in [-0.1, -0.05) is 0 Å². The van der Waals surface area contributed by atoms with E-state index in [0.717, 1.165) is 12.8 Å². The smallest absolute Gasteiger partial charge is 0.306 e. The second kappa shape index (κ2) is 6.26. The molecule has 1 amide bonds. The summed E-state index contributed by atoms with van der Waals surface area (Å²) in [6, 6.07) is 0. The monoisotopic (exact) mass is 263 g/mol. The Bertz CT molecular complexity index is 442. The Morgan fingerprint density at radius 3 is 2.42 bits per heavy atom. The highest BCUT2D eigenvalue weighted by molar-refractivity contribution is 5.93. The summed E-state index contributed by atoms with van der Waals surface area (Å²) in [5, 5.41) is 11.8. The van der Waals surface area contributed by atoms with Crippen molar-refractivity contribution >= 4 is 11.9 Å². The van der Waals surface area contributed by atoms with Gasteiger partial charge in [-0.3, -0.25) is 9.59 Å². The normalized spacial score (nSPS) is 22.7. The summed E-state index contributed by atoms with van der Waals surface area (Å²) in [7, 11) is 0. The van der Waals surface area contributed by atoms with Crippen molar-refractivity contribution in [2.75, 3.05) is 6.54 Å². The van der Waals surface area contributed by atoms with Gasteiger partial charge in [-0.25, -0.2) is 9.97 Å². The standard InChI is InChI=1S/C13H17N3O3/c17-12(11-6-14-8-15-7-11)16-5-9-1-3-10(4-2-9)13(18)19/h6-10H,1-5H2,(H,16,17)(H,18,19). The summed E-state index contributed by atoms with van der Waals surface area (Å²) in [6.07, 6.45) is 7.43. The zero-order valence-corrected chi connectivity index (χ0v) is 10.6. The zero-order chi connectivity index (χ0) is 13.7. The number of carbonyl (C=O) groups excluding carboxylic acids is 1. The molecule has 0 bridgehead atoms. The molecule has 1 aliphatic rings. The first-order valence-electron chi connectivity index (χ1n) is 6.43. The molecule has 6 nitrogen and oxygen atoms in total. The topological polar surface area (TPSA) is 92.2 Å². The SMILES string of the molecule is O=C(NCC1CCC(C(=O)O)CC1)c1cncnc1. The van der Waals surface area contributed by atoms with Crippen LogP contribution in [0.5, 0.6) is 0 Å². The Hall–Kier alpha value is -1.98. The van der Waals surface area contributed by atoms with Crippen LogP contribution in [0.25, 0.3) is 0 Å². The molecular formula is C13H17N3O3. The minimum absolute atomic E-state index is 0.180. The molecule has 102 valence electrons. The van der Waals surface area contributed by atoms with Crippen molar-refractivity contribution in [3.8, 4) is 0 Å². The van der Waals surface area contributed by atoms with Gasteiger partial charge in [-0.15, -0.1) is 0 Å². The van der Waals surface area contributed by atoms with Crippen molar-refractivity contribution in [2.45, 2.75) is 25.7 Å². The second-order valence-corrected chi connectivity index (χ2v) is 4.89. The van der Waals surface area contributed by atoms with Crippen LogP contribution < -0.4 is 5.32 Å². The van der Waals surface area contributed by atoms with Gasteiger partial charge in [0.15, 0.2) is 0 Å². The molecule has 1 aromatic rings. The molecule has 1 heterocycles. The Kier molecular flexibility index (Phi) is 4.43. The molecule has 2 rings (SSSR count). The third-order valence-corrected chi connectivity index (χ3v) is 3.57. The van der Waals surface area contributed by atoms with Crippen LogP contribution in [-0.4, -0.2) is 33.5 Å². The van der Waals surface area contributed by atoms with E-state index in [2.05, 4.69) is 15.3 Å². The molecule has 1 fully saturated rings. The van der Waals surface area contributed by atoms with Crippen LogP contribution in [0.4, 0.5) is 0 Å². The van der Waals surface area contributed by atoms with Crippen molar-refractivity contribution in [1.29, 1.82) is 0 Å². The van der Waals surface area contributed by atoms with Crippen LogP contribution in [0.15, 0.2) is 18.7 Å². The number of carboxylic acids is 1. The van der Waals surface area contributed by atoms with E-state index < -0.39 is 5.97 Å². The molecule has 0 atom stereocenters. The molecule has 0 aliphatic heterocycles. The number of carbonyl (C=O) groups is 2. The Balaban J connectivity index is 1.75. The van der Waals surface area contributed by atoms with Crippen molar-refractivity contribution < 1.29 is 14.7 Å². The van der Waals surface area contributed by atoms with Gasteiger partial charge in [0, 0.05) is 18.9 Å². The van der Waals surface area contributed by atoms with E-state index in [1.54, 1.807) is 0 Å². The van der Waals surface area contributed by atoms with Crippen LogP contribution in [-0.2, 0) is 4.79 Å². The van der Waals surface area contributed by atoms with Crippen molar-refractivity contribution in [2.24, 2.45) is 11.8 Å². The van der Waals surface area contributed by atoms with Crippen LogP contribution in [0.1, 0.15) is 36.0 Å². The molecule has 0 radical (unpaired) electrons. The lowest BCUT2D eigenvalue weighted by Gasteiger charge is -2.26. The lowest BCUT2D eigenvalue weighted by molar-refractivity contribution is -0.143. The quantitative estimate of drug-likeness (QED) is 0.848. The van der Waals surface area contributed by atoms with Crippen LogP contribution in [0, 0.1) is 11.8 Å². The number of nitrogens with zero attached hydrogens (tertiary/aromatic N) is 2. The number of aromatic nitrogens is 2. The first kappa shape index (κ1) is 13.5. The van der Waals surface area contributed by atoms with Gasteiger partial charge in [0.1, 0.15) is 6.33 Å². The highest BCUT2D eigenvalue weighted by atomic mass is 16.4. The maximum absolute atomic E-state index is 11.8. The summed E-state index contributed by atoms with van der Waals surface area (Å²) in [5.41, 5.74) is 0.446. The predicted octanol–water partition coefficient (Wildman–Crippen LogP) is 1.10. The number of nitrogens with one attached hydrogen (secondary N) is 1. The summed E-state index contributed by atoms with van der Waals surface area (Å²) in [5.74, 6) is -0.733. The van der Waals surface area contributed by atoms with E-state index in [0.29, 0.717) is 30.9 Å². The number of carboxylic acid groups (broad SMARTS) is 1. The van der Waals surface area contributed by atoms with E-state index in [4.69, 9.17) is 5.11 Å². The van der Waals surface area contributed by atoms with E-state index in [1.807, 2.05) is 0 Å². The molecule has 1 aliphatic carbocycles. The van der Waals surface area contributed by atoms with E-state index in [1.165, 1.54) is 18.7 Å². The first-order valence-corrected chi connectivity index (χ1v) is 6.43. The fraction of sp³-hybridized carbons (Fsp3) is 0.538. The van der Waals surface area contributed by atoms with Crippen LogP contribution >= 0.6 is 0 Å². The van der Waals surface area contributed by atoms with Crippen LogP contribution in [0.3, 0.4) is 0 Å². The summed E-state index contributed by atoms with van der Waals surface area (Å²) >= 11 is 0. The van der Waals surface area contributed by atoms with Crippen molar-refractivity contribution in [3.05, 3.63) is 24.3 Å². The van der Waals surface area contributed by atoms with Crippen molar-refractivity contribution in [3.63, 3.8) is 0 Å². The van der Waals surface area contributed by atoms with Gasteiger partial charge in [0.05, 0.1) is 11.5 Å². The molecule has 19 heavy (non-hydrogen) atoms. The maximum atomic E-state index is 11.8. The Morgan fingerprint density at radius 1 is 1.21 bits per heavy atom. The minimum Gasteiger partial charge on any atom is -0.481 e. The number of hydrogen-bond donors (Lipinski definition) is 2. The maximum Gasteiger partial charge on any atom is 0.306 e. The predicted molar refractivity (Wildman–Crippen MR) is 67.4 cm³/mol. The van der Waals surface area contributed by atoms with Gasteiger partial charge in [0.2, 0.25) is 0 Å². The molecular weight excluding hydrogens is 246 g/mol. The summed E-state index contributed by atoms with van der Waals surface area (Å²) in [6.45, 7) is 0.583. The molecule has 0 saturated heterocycles. The van der Waals surface area contributed by atoms with Gasteiger partial charge < -0.3 is 10.4 Å². The lowest BCUT2D eigenvalue weighted by atomic mass is 9.82. The number of aliphatic carboxylic acids is 1. The second-order valence-electron chi connectivity index (χ2n) is 4.89. The van der Waals surface area contributed by atoms with Gasteiger partial charge in [-0.05, 0) is 31.6 Å². The number of hydrogen-bond acceptors (Lipinski definition) is 4. The summed E-state index contributed by atoms with van der Waals surface area (Å²) < 4.78 is 0. The third kappa shape index (κ3) is 3.74. The average molecular weight is 263 g/mol. The first-order chi connectivity index (χ1) is 9.16. The highest BCUT2D eigenvalue weighted by Gasteiger charge is 2.26. The lowest BCUT2D eigenvalue weighted by Crippen LogP contribution is -2.32. The zero-order valence-electron chi connectivity index (χ0n) is 10.6. The molecule has 0 aromatic carbocycles. The molecule has 6 heteroatoms. The minimum atomic E-state index is -0.705. The van der Waals surface area contributed by atoms with Gasteiger partial charge >= 0.3 is 5.97 Å². The third-order valence-electron chi connectivity index (χ3n) is 3.57. The molecule has 1 saturated carbocycles. The van der Waals surface area contributed by atoms with Gasteiger partial charge in [-0.2, -0.15) is 0 Å². The average Bonchev–Trinajstić information content (AvgIpc) is 2.46. The van der Waals surface area contributed by atoms with Gasteiger partial charge in [0.25, 0.3) is 5.91 Å². The van der Waals surface area contributed by atoms with Crippen molar-refractivity contribution in [1.82, 2.24) is 15.3 Å². The Morgan fingerprint density at radius 2 is 1.84 bits per heavy atom. The largest absolute Gasteiger partial charge is 0.481 e. The highest BCUT2D eigenvalue weighted by Crippen LogP contribution is 2.28. The number of rotatable bonds is 4. The molecule has 1 aromatic heterocycles. The molecule has 0 unspecified atom stereocenters.